The van der Waals surface area contributed by atoms with E-state index in [4.69, 9.17) is 0 Å². The second-order valence-electron chi connectivity index (χ2n) is 6.05. The van der Waals surface area contributed by atoms with Crippen molar-refractivity contribution in [3.8, 4) is 0 Å². The summed E-state index contributed by atoms with van der Waals surface area (Å²) in [5.41, 5.74) is 3.71. The molecule has 132 valence electrons. The first kappa shape index (κ1) is 18.8. The monoisotopic (exact) mass is 378 g/mol. The van der Waals surface area contributed by atoms with Crippen LogP contribution in [0.3, 0.4) is 0 Å². The Hall–Kier alpha value is -1.97. The molecule has 0 radical (unpaired) electrons. The Morgan fingerprint density at radius 3 is 1.77 bits per heavy atom. The first-order valence-corrected chi connectivity index (χ1v) is 10.7. The minimum Gasteiger partial charge on any atom is -0.287 e. The lowest BCUT2D eigenvalue weighted by molar-refractivity contribution is -0.111. The van der Waals surface area contributed by atoms with Gasteiger partial charge in [-0.05, 0) is 16.7 Å². The number of benzene rings is 3. The molecular weight excluding hydrogens is 356 g/mol. The zero-order valence-corrected chi connectivity index (χ0v) is 16.2. The molecule has 0 aliphatic rings. The largest absolute Gasteiger partial charge is 0.287 e. The van der Waals surface area contributed by atoms with Gasteiger partial charge >= 0.3 is 0 Å². The molecule has 0 aliphatic heterocycles. The topological polar surface area (TPSA) is 17.1 Å². The van der Waals surface area contributed by atoms with Crippen LogP contribution in [0.1, 0.15) is 28.4 Å². The van der Waals surface area contributed by atoms with Gasteiger partial charge in [-0.3, -0.25) is 4.79 Å². The van der Waals surface area contributed by atoms with Crippen LogP contribution < -0.4 is 0 Å². The summed E-state index contributed by atoms with van der Waals surface area (Å²) in [4.78, 5) is 12.6. The molecular formula is C23H22OS2. The number of carbonyl (C=O) groups is 1. The highest BCUT2D eigenvalue weighted by molar-refractivity contribution is 8.13. The van der Waals surface area contributed by atoms with Gasteiger partial charge in [0.25, 0.3) is 0 Å². The lowest BCUT2D eigenvalue weighted by Gasteiger charge is -2.16. The smallest absolute Gasteiger partial charge is 0.190 e. The van der Waals surface area contributed by atoms with Gasteiger partial charge in [0.15, 0.2) is 5.12 Å². The summed E-state index contributed by atoms with van der Waals surface area (Å²) >= 11 is 3.27. The summed E-state index contributed by atoms with van der Waals surface area (Å²) < 4.78 is 0. The third kappa shape index (κ3) is 6.08. The van der Waals surface area contributed by atoms with Gasteiger partial charge < -0.3 is 0 Å². The number of carbonyl (C=O) groups excluding carboxylic acids is 1. The van der Waals surface area contributed by atoms with Gasteiger partial charge in [0.2, 0.25) is 0 Å². The van der Waals surface area contributed by atoms with Crippen molar-refractivity contribution in [2.45, 2.75) is 23.2 Å². The van der Waals surface area contributed by atoms with E-state index in [0.29, 0.717) is 6.42 Å². The fraction of sp³-hybridized carbons (Fsp3) is 0.174. The molecule has 0 unspecified atom stereocenters. The lowest BCUT2D eigenvalue weighted by Crippen LogP contribution is -2.02. The van der Waals surface area contributed by atoms with E-state index in [1.807, 2.05) is 54.2 Å². The summed E-state index contributed by atoms with van der Waals surface area (Å²) in [5.74, 6) is 1.65. The zero-order valence-electron chi connectivity index (χ0n) is 14.6. The van der Waals surface area contributed by atoms with Crippen molar-refractivity contribution in [3.63, 3.8) is 0 Å². The third-order valence-electron chi connectivity index (χ3n) is 4.06. The van der Waals surface area contributed by atoms with E-state index in [1.165, 1.54) is 28.5 Å². The van der Waals surface area contributed by atoms with Crippen molar-refractivity contribution < 1.29 is 4.79 Å². The van der Waals surface area contributed by atoms with Gasteiger partial charge in [0.05, 0.1) is 0 Å². The van der Waals surface area contributed by atoms with Crippen LogP contribution in [0.4, 0.5) is 0 Å². The Kier molecular flexibility index (Phi) is 7.41. The van der Waals surface area contributed by atoms with Crippen LogP contribution in [0.15, 0.2) is 91.0 Å². The summed E-state index contributed by atoms with van der Waals surface area (Å²) in [5, 5.41) is 0.440. The number of rotatable bonds is 8. The third-order valence-corrected chi connectivity index (χ3v) is 6.37. The first-order chi connectivity index (χ1) is 12.8. The Morgan fingerprint density at radius 1 is 0.692 bits per heavy atom. The van der Waals surface area contributed by atoms with Crippen LogP contribution in [-0.4, -0.2) is 5.12 Å². The molecule has 0 bridgehead atoms. The standard InChI is InChI=1S/C23H22OS2/c24-23(26-18-20-12-6-2-7-13-20)16-22(21-14-8-3-9-15-21)25-17-19-10-4-1-5-11-19/h1-15,22H,16-18H2/t22-/m1/s1. The van der Waals surface area contributed by atoms with E-state index in [2.05, 4.69) is 48.5 Å². The molecule has 0 aliphatic carbocycles. The summed E-state index contributed by atoms with van der Waals surface area (Å²) in [6.45, 7) is 0. The van der Waals surface area contributed by atoms with Gasteiger partial charge in [-0.2, -0.15) is 0 Å². The fourth-order valence-electron chi connectivity index (χ4n) is 2.66. The van der Waals surface area contributed by atoms with E-state index in [0.717, 1.165) is 11.5 Å². The molecule has 0 amide bonds. The Morgan fingerprint density at radius 2 is 1.19 bits per heavy atom. The average Bonchev–Trinajstić information content (AvgIpc) is 2.72. The molecule has 1 nitrogen and oxygen atoms in total. The summed E-state index contributed by atoms with van der Waals surface area (Å²) in [6, 6.07) is 31.0. The molecule has 0 spiro atoms. The summed E-state index contributed by atoms with van der Waals surface area (Å²) in [7, 11) is 0. The average molecular weight is 379 g/mol. The molecule has 0 N–H and O–H groups in total. The quantitative estimate of drug-likeness (QED) is 0.445. The molecule has 3 heteroatoms. The zero-order chi connectivity index (χ0) is 18.0. The Labute approximate surface area is 164 Å². The number of thioether (sulfide) groups is 2. The molecule has 3 rings (SSSR count). The highest BCUT2D eigenvalue weighted by Crippen LogP contribution is 2.36. The molecule has 1 atom stereocenters. The SMILES string of the molecule is O=C(C[C@@H](SCc1ccccc1)c1ccccc1)SCc1ccccc1. The normalized spacial score (nSPS) is 11.8. The maximum Gasteiger partial charge on any atom is 0.190 e. The van der Waals surface area contributed by atoms with Gasteiger partial charge in [0, 0.05) is 23.2 Å². The van der Waals surface area contributed by atoms with E-state index >= 15 is 0 Å². The van der Waals surface area contributed by atoms with Crippen molar-refractivity contribution in [1.82, 2.24) is 0 Å². The maximum atomic E-state index is 12.6. The summed E-state index contributed by atoms with van der Waals surface area (Å²) in [6.07, 6.45) is 0.555. The molecule has 3 aromatic rings. The van der Waals surface area contributed by atoms with Gasteiger partial charge in [0.1, 0.15) is 0 Å². The van der Waals surface area contributed by atoms with Crippen LogP contribution in [-0.2, 0) is 16.3 Å². The second-order valence-corrected chi connectivity index (χ2v) is 8.27. The van der Waals surface area contributed by atoms with E-state index in [-0.39, 0.29) is 10.4 Å². The molecule has 0 aromatic heterocycles. The van der Waals surface area contributed by atoms with Gasteiger partial charge in [-0.15, -0.1) is 11.8 Å². The molecule has 0 saturated heterocycles. The fourth-order valence-corrected chi connectivity index (χ4v) is 4.78. The van der Waals surface area contributed by atoms with Crippen LogP contribution >= 0.6 is 23.5 Å². The van der Waals surface area contributed by atoms with E-state index in [9.17, 15) is 4.79 Å². The van der Waals surface area contributed by atoms with Crippen molar-refractivity contribution in [1.29, 1.82) is 0 Å². The first-order valence-electron chi connectivity index (χ1n) is 8.71. The molecule has 0 fully saturated rings. The lowest BCUT2D eigenvalue weighted by atomic mass is 10.1. The molecule has 0 saturated carbocycles. The van der Waals surface area contributed by atoms with Crippen molar-refractivity contribution in [2.75, 3.05) is 0 Å². The number of hydrogen-bond donors (Lipinski definition) is 0. The highest BCUT2D eigenvalue weighted by atomic mass is 32.2. The van der Waals surface area contributed by atoms with E-state index < -0.39 is 0 Å². The molecule has 26 heavy (non-hydrogen) atoms. The second kappa shape index (κ2) is 10.2. The van der Waals surface area contributed by atoms with Crippen LogP contribution in [0.2, 0.25) is 0 Å². The van der Waals surface area contributed by atoms with Crippen LogP contribution in [0.25, 0.3) is 0 Å². The van der Waals surface area contributed by atoms with Gasteiger partial charge in [-0.25, -0.2) is 0 Å². The van der Waals surface area contributed by atoms with Gasteiger partial charge in [-0.1, -0.05) is 103 Å². The minimum absolute atomic E-state index is 0.187. The predicted molar refractivity (Wildman–Crippen MR) is 114 cm³/mol. The molecule has 3 aromatic carbocycles. The maximum absolute atomic E-state index is 12.6. The van der Waals surface area contributed by atoms with Crippen molar-refractivity contribution in [2.24, 2.45) is 0 Å². The van der Waals surface area contributed by atoms with Crippen LogP contribution in [0, 0.1) is 0 Å². The molecule has 0 heterocycles. The van der Waals surface area contributed by atoms with Crippen LogP contribution in [0.5, 0.6) is 0 Å². The number of hydrogen-bond acceptors (Lipinski definition) is 3. The Balaban J connectivity index is 1.60. The predicted octanol–water partition coefficient (Wildman–Crippen LogP) is 6.51. The highest BCUT2D eigenvalue weighted by Gasteiger charge is 2.17. The Bertz CT molecular complexity index is 788. The van der Waals surface area contributed by atoms with Crippen molar-refractivity contribution in [3.05, 3.63) is 108 Å². The minimum atomic E-state index is 0.187. The van der Waals surface area contributed by atoms with Crippen molar-refractivity contribution >= 4 is 28.6 Å². The van der Waals surface area contributed by atoms with E-state index in [1.54, 1.807) is 0 Å².